The third kappa shape index (κ3) is 3.55. The second-order valence-electron chi connectivity index (χ2n) is 6.57. The molecule has 2 heterocycles. The Morgan fingerprint density at radius 2 is 2.04 bits per heavy atom. The number of fused-ring (bicyclic) bond motifs is 1. The summed E-state index contributed by atoms with van der Waals surface area (Å²) in [6, 6.07) is 12.2. The zero-order chi connectivity index (χ0) is 18.1. The fourth-order valence-electron chi connectivity index (χ4n) is 3.21. The van der Waals surface area contributed by atoms with Crippen molar-refractivity contribution in [1.82, 2.24) is 9.88 Å². The monoisotopic (exact) mass is 370 g/mol. The molecular formula is C20H19FN2O2S. The number of carbonyl (C=O) groups is 1. The lowest BCUT2D eigenvalue weighted by Crippen LogP contribution is -2.41. The summed E-state index contributed by atoms with van der Waals surface area (Å²) in [5.74, 6) is -0.196. The van der Waals surface area contributed by atoms with E-state index in [2.05, 4.69) is 4.98 Å². The molecule has 1 aromatic heterocycles. The van der Waals surface area contributed by atoms with Crippen LogP contribution in [0.25, 0.3) is 10.2 Å². The van der Waals surface area contributed by atoms with Crippen LogP contribution in [-0.4, -0.2) is 35.0 Å². The molecule has 2 aromatic carbocycles. The summed E-state index contributed by atoms with van der Waals surface area (Å²) in [6.45, 7) is 3.31. The number of benzene rings is 2. The van der Waals surface area contributed by atoms with Gasteiger partial charge in [-0.1, -0.05) is 29.0 Å². The number of aromatic nitrogens is 1. The van der Waals surface area contributed by atoms with Crippen LogP contribution in [0, 0.1) is 12.7 Å². The van der Waals surface area contributed by atoms with Crippen molar-refractivity contribution in [3.05, 3.63) is 59.4 Å². The third-order valence-electron chi connectivity index (χ3n) is 4.59. The maximum absolute atomic E-state index is 13.3. The summed E-state index contributed by atoms with van der Waals surface area (Å²) in [4.78, 5) is 18.9. The topological polar surface area (TPSA) is 42.4 Å². The van der Waals surface area contributed by atoms with Gasteiger partial charge in [0.15, 0.2) is 0 Å². The lowest BCUT2D eigenvalue weighted by Gasteiger charge is -2.31. The van der Waals surface area contributed by atoms with Crippen LogP contribution in [0.5, 0.6) is 5.19 Å². The molecule has 0 bridgehead atoms. The molecule has 0 N–H and O–H groups in total. The molecular weight excluding hydrogens is 351 g/mol. The summed E-state index contributed by atoms with van der Waals surface area (Å²) in [7, 11) is 0. The Kier molecular flexibility index (Phi) is 4.59. The first-order valence-electron chi connectivity index (χ1n) is 8.67. The minimum atomic E-state index is -0.268. The quantitative estimate of drug-likeness (QED) is 0.685. The average molecular weight is 370 g/mol. The van der Waals surface area contributed by atoms with Crippen molar-refractivity contribution in [1.29, 1.82) is 0 Å². The third-order valence-corrected chi connectivity index (χ3v) is 5.50. The molecule has 4 nitrogen and oxygen atoms in total. The van der Waals surface area contributed by atoms with Gasteiger partial charge >= 0.3 is 0 Å². The maximum atomic E-state index is 13.3. The molecule has 1 amide bonds. The summed E-state index contributed by atoms with van der Waals surface area (Å²) in [5, 5.41) is 0.564. The van der Waals surface area contributed by atoms with Gasteiger partial charge in [0.25, 0.3) is 11.1 Å². The van der Waals surface area contributed by atoms with Crippen molar-refractivity contribution in [2.24, 2.45) is 0 Å². The molecule has 0 unspecified atom stereocenters. The lowest BCUT2D eigenvalue weighted by molar-refractivity contribution is 0.0595. The van der Waals surface area contributed by atoms with E-state index in [-0.39, 0.29) is 17.8 Å². The standard InChI is InChI=1S/C20H19FN2O2S/c1-13-3-2-4-14(11-13)19(24)23-9-7-16(8-10-23)25-20-22-17-6-5-15(21)12-18(17)26-20/h2-6,11-12,16H,7-10H2,1H3. The van der Waals surface area contributed by atoms with Crippen molar-refractivity contribution in [3.8, 4) is 5.19 Å². The molecule has 3 aromatic rings. The largest absolute Gasteiger partial charge is 0.467 e. The summed E-state index contributed by atoms with van der Waals surface area (Å²) < 4.78 is 20.1. The Morgan fingerprint density at radius 1 is 1.23 bits per heavy atom. The van der Waals surface area contributed by atoms with Crippen molar-refractivity contribution in [2.75, 3.05) is 13.1 Å². The molecule has 1 saturated heterocycles. The number of piperidine rings is 1. The normalized spacial score (nSPS) is 15.4. The number of halogens is 1. The van der Waals surface area contributed by atoms with Gasteiger partial charge in [-0.15, -0.1) is 0 Å². The van der Waals surface area contributed by atoms with Gasteiger partial charge in [0, 0.05) is 31.5 Å². The Morgan fingerprint density at radius 3 is 2.81 bits per heavy atom. The van der Waals surface area contributed by atoms with E-state index < -0.39 is 0 Å². The molecule has 4 rings (SSSR count). The maximum Gasteiger partial charge on any atom is 0.274 e. The van der Waals surface area contributed by atoms with E-state index in [1.54, 1.807) is 6.07 Å². The second kappa shape index (κ2) is 7.03. The minimum Gasteiger partial charge on any atom is -0.467 e. The number of hydrogen-bond acceptors (Lipinski definition) is 4. The highest BCUT2D eigenvalue weighted by Gasteiger charge is 2.25. The molecule has 0 saturated carbocycles. The predicted molar refractivity (Wildman–Crippen MR) is 100 cm³/mol. The minimum absolute atomic E-state index is 0.0296. The van der Waals surface area contributed by atoms with E-state index >= 15 is 0 Å². The van der Waals surface area contributed by atoms with Crippen LogP contribution in [0.1, 0.15) is 28.8 Å². The van der Waals surface area contributed by atoms with Gasteiger partial charge in [-0.25, -0.2) is 9.37 Å². The van der Waals surface area contributed by atoms with Crippen LogP contribution < -0.4 is 4.74 Å². The van der Waals surface area contributed by atoms with Crippen LogP contribution in [-0.2, 0) is 0 Å². The van der Waals surface area contributed by atoms with Crippen LogP contribution in [0.15, 0.2) is 42.5 Å². The number of thiazole rings is 1. The number of likely N-dealkylation sites (tertiary alicyclic amines) is 1. The number of amides is 1. The smallest absolute Gasteiger partial charge is 0.274 e. The van der Waals surface area contributed by atoms with Crippen molar-refractivity contribution >= 4 is 27.5 Å². The molecule has 1 fully saturated rings. The van der Waals surface area contributed by atoms with E-state index in [9.17, 15) is 9.18 Å². The van der Waals surface area contributed by atoms with Gasteiger partial charge in [0.05, 0.1) is 10.2 Å². The number of aryl methyl sites for hydroxylation is 1. The molecule has 26 heavy (non-hydrogen) atoms. The zero-order valence-corrected chi connectivity index (χ0v) is 15.3. The first-order chi connectivity index (χ1) is 12.6. The SMILES string of the molecule is Cc1cccc(C(=O)N2CCC(Oc3nc4ccc(F)cc4s3)CC2)c1. The molecule has 0 spiro atoms. The van der Waals surface area contributed by atoms with Crippen LogP contribution >= 0.6 is 11.3 Å². The van der Waals surface area contributed by atoms with E-state index in [4.69, 9.17) is 4.74 Å². The van der Waals surface area contributed by atoms with E-state index in [0.717, 1.165) is 34.2 Å². The molecule has 134 valence electrons. The molecule has 1 aliphatic heterocycles. The van der Waals surface area contributed by atoms with Crippen molar-refractivity contribution in [3.63, 3.8) is 0 Å². The van der Waals surface area contributed by atoms with Crippen LogP contribution in [0.3, 0.4) is 0 Å². The highest BCUT2D eigenvalue weighted by atomic mass is 32.1. The molecule has 0 aliphatic carbocycles. The summed E-state index contributed by atoms with van der Waals surface area (Å²) in [6.07, 6.45) is 1.56. The van der Waals surface area contributed by atoms with Gasteiger partial charge in [-0.3, -0.25) is 4.79 Å². The number of carbonyl (C=O) groups excluding carboxylic acids is 1. The lowest BCUT2D eigenvalue weighted by atomic mass is 10.1. The first kappa shape index (κ1) is 17.0. The van der Waals surface area contributed by atoms with Crippen LogP contribution in [0.4, 0.5) is 4.39 Å². The Bertz CT molecular complexity index is 948. The summed E-state index contributed by atoms with van der Waals surface area (Å²) in [5.41, 5.74) is 2.57. The van der Waals surface area contributed by atoms with E-state index in [1.807, 2.05) is 36.1 Å². The predicted octanol–water partition coefficient (Wildman–Crippen LogP) is 4.43. The molecule has 0 atom stereocenters. The number of rotatable bonds is 3. The van der Waals surface area contributed by atoms with Crippen molar-refractivity contribution in [2.45, 2.75) is 25.9 Å². The fraction of sp³-hybridized carbons (Fsp3) is 0.300. The van der Waals surface area contributed by atoms with Gasteiger partial charge in [-0.2, -0.15) is 0 Å². The Balaban J connectivity index is 1.37. The highest BCUT2D eigenvalue weighted by Crippen LogP contribution is 2.30. The van der Waals surface area contributed by atoms with E-state index in [1.165, 1.54) is 23.5 Å². The van der Waals surface area contributed by atoms with Gasteiger partial charge in [0.1, 0.15) is 11.9 Å². The number of hydrogen-bond donors (Lipinski definition) is 0. The van der Waals surface area contributed by atoms with Crippen molar-refractivity contribution < 1.29 is 13.9 Å². The van der Waals surface area contributed by atoms with Gasteiger partial charge in [-0.05, 0) is 37.3 Å². The fourth-order valence-corrected chi connectivity index (χ4v) is 4.11. The Hall–Kier alpha value is -2.47. The molecule has 6 heteroatoms. The second-order valence-corrected chi connectivity index (χ2v) is 7.56. The number of nitrogens with zero attached hydrogens (tertiary/aromatic N) is 2. The Labute approximate surface area is 155 Å². The van der Waals surface area contributed by atoms with Gasteiger partial charge < -0.3 is 9.64 Å². The number of ether oxygens (including phenoxy) is 1. The van der Waals surface area contributed by atoms with E-state index in [0.29, 0.717) is 18.3 Å². The highest BCUT2D eigenvalue weighted by molar-refractivity contribution is 7.20. The first-order valence-corrected chi connectivity index (χ1v) is 9.49. The average Bonchev–Trinajstić information content (AvgIpc) is 3.03. The molecule has 1 aliphatic rings. The zero-order valence-electron chi connectivity index (χ0n) is 14.4. The summed E-state index contributed by atoms with van der Waals surface area (Å²) >= 11 is 1.36. The van der Waals surface area contributed by atoms with Crippen LogP contribution in [0.2, 0.25) is 0 Å². The molecule has 0 radical (unpaired) electrons. The van der Waals surface area contributed by atoms with Gasteiger partial charge in [0.2, 0.25) is 0 Å².